The Morgan fingerprint density at radius 2 is 1.88 bits per heavy atom. The van der Waals surface area contributed by atoms with Crippen LogP contribution < -0.4 is 16.0 Å². The molecule has 2 rings (SSSR count). The maximum absolute atomic E-state index is 11.6. The number of urea groups is 1. The first-order chi connectivity index (χ1) is 11.6. The molecule has 1 aromatic heterocycles. The molecule has 0 aromatic carbocycles. The van der Waals surface area contributed by atoms with Gasteiger partial charge in [-0.25, -0.2) is 14.8 Å². The zero-order valence-electron chi connectivity index (χ0n) is 13.3. The van der Waals surface area contributed by atoms with Gasteiger partial charge in [0.25, 0.3) is 5.91 Å². The van der Waals surface area contributed by atoms with E-state index < -0.39 is 24.5 Å². The Labute approximate surface area is 139 Å². The lowest BCUT2D eigenvalue weighted by Crippen LogP contribution is -2.45. The molecule has 1 heterocycles. The van der Waals surface area contributed by atoms with E-state index in [1.165, 1.54) is 0 Å². The number of carbonyl (C=O) groups excluding carboxylic acids is 3. The van der Waals surface area contributed by atoms with Crippen LogP contribution in [0.15, 0.2) is 18.5 Å². The minimum atomic E-state index is -0.654. The fraction of sp³-hybridized carbons (Fsp3) is 0.533. The lowest BCUT2D eigenvalue weighted by Gasteiger charge is -2.12. The number of hydrogen-bond donors (Lipinski definition) is 3. The highest BCUT2D eigenvalue weighted by Gasteiger charge is 2.18. The van der Waals surface area contributed by atoms with Gasteiger partial charge < -0.3 is 15.4 Å². The molecule has 3 amide bonds. The van der Waals surface area contributed by atoms with E-state index in [2.05, 4.69) is 25.9 Å². The van der Waals surface area contributed by atoms with E-state index in [1.807, 2.05) is 0 Å². The zero-order valence-corrected chi connectivity index (χ0v) is 13.3. The number of carbonyl (C=O) groups is 3. The molecule has 0 atom stereocenters. The van der Waals surface area contributed by atoms with Crippen molar-refractivity contribution < 1.29 is 19.1 Å². The predicted octanol–water partition coefficient (Wildman–Crippen LogP) is 0.590. The number of anilines is 1. The summed E-state index contributed by atoms with van der Waals surface area (Å²) in [6.45, 7) is -0.203. The van der Waals surface area contributed by atoms with Crippen molar-refractivity contribution in [1.82, 2.24) is 20.6 Å². The van der Waals surface area contributed by atoms with Crippen molar-refractivity contribution >= 4 is 23.9 Å². The van der Waals surface area contributed by atoms with E-state index in [0.29, 0.717) is 5.95 Å². The molecule has 0 saturated heterocycles. The van der Waals surface area contributed by atoms with Crippen LogP contribution in [0, 0.1) is 0 Å². The Hall–Kier alpha value is -2.71. The molecule has 24 heavy (non-hydrogen) atoms. The molecule has 9 heteroatoms. The van der Waals surface area contributed by atoms with Crippen molar-refractivity contribution in [3.05, 3.63) is 18.5 Å². The molecule has 1 fully saturated rings. The van der Waals surface area contributed by atoms with Crippen LogP contribution in [0.3, 0.4) is 0 Å². The Kier molecular flexibility index (Phi) is 6.93. The third kappa shape index (κ3) is 6.59. The minimum absolute atomic E-state index is 0.0554. The van der Waals surface area contributed by atoms with Crippen molar-refractivity contribution in [3.63, 3.8) is 0 Å². The Bertz CT molecular complexity index is 560. The Morgan fingerprint density at radius 1 is 1.17 bits per heavy atom. The summed E-state index contributed by atoms with van der Waals surface area (Å²) in [6, 6.07) is 1.25. The quantitative estimate of drug-likeness (QED) is 0.623. The molecular weight excluding hydrogens is 314 g/mol. The number of aromatic nitrogens is 2. The molecular formula is C15H21N5O4. The molecule has 1 aliphatic carbocycles. The maximum atomic E-state index is 11.6. The Balaban J connectivity index is 1.55. The summed E-state index contributed by atoms with van der Waals surface area (Å²) in [4.78, 5) is 42.5. The summed E-state index contributed by atoms with van der Waals surface area (Å²) >= 11 is 0. The highest BCUT2D eigenvalue weighted by atomic mass is 16.5. The van der Waals surface area contributed by atoms with Crippen LogP contribution >= 0.6 is 0 Å². The molecule has 9 nitrogen and oxygen atoms in total. The number of hydrogen-bond acceptors (Lipinski definition) is 7. The molecule has 0 unspecified atom stereocenters. The smallest absolute Gasteiger partial charge is 0.321 e. The molecule has 1 aromatic rings. The van der Waals surface area contributed by atoms with Gasteiger partial charge in [0.1, 0.15) is 0 Å². The van der Waals surface area contributed by atoms with Gasteiger partial charge in [0.05, 0.1) is 6.42 Å². The SMILES string of the molecule is O=C(COC(=O)CCNc1ncccn1)NC(=O)NC1CCCC1. The van der Waals surface area contributed by atoms with E-state index in [-0.39, 0.29) is 19.0 Å². The first-order valence-electron chi connectivity index (χ1n) is 7.90. The van der Waals surface area contributed by atoms with Gasteiger partial charge in [-0.15, -0.1) is 0 Å². The molecule has 0 aliphatic heterocycles. The average molecular weight is 335 g/mol. The van der Waals surface area contributed by atoms with E-state index >= 15 is 0 Å². The number of rotatable bonds is 7. The van der Waals surface area contributed by atoms with E-state index in [4.69, 9.17) is 4.74 Å². The van der Waals surface area contributed by atoms with Gasteiger partial charge in [-0.2, -0.15) is 0 Å². The molecule has 3 N–H and O–H groups in total. The van der Waals surface area contributed by atoms with E-state index in [1.54, 1.807) is 18.5 Å². The third-order valence-corrected chi connectivity index (χ3v) is 3.49. The largest absolute Gasteiger partial charge is 0.456 e. The first kappa shape index (κ1) is 17.6. The lowest BCUT2D eigenvalue weighted by molar-refractivity contribution is -0.148. The van der Waals surface area contributed by atoms with Crippen LogP contribution in [-0.2, 0) is 14.3 Å². The van der Waals surface area contributed by atoms with Crippen LogP contribution in [0.25, 0.3) is 0 Å². The van der Waals surface area contributed by atoms with Crippen molar-refractivity contribution in [1.29, 1.82) is 0 Å². The highest BCUT2D eigenvalue weighted by molar-refractivity contribution is 5.95. The minimum Gasteiger partial charge on any atom is -0.456 e. The standard InChI is InChI=1S/C15H21N5O4/c21-12(20-15(23)19-11-4-1-2-5-11)10-24-13(22)6-9-18-14-16-7-3-8-17-14/h3,7-8,11H,1-2,4-6,9-10H2,(H,16,17,18)(H2,19,20,21,23). The van der Waals surface area contributed by atoms with Crippen molar-refractivity contribution in [3.8, 4) is 0 Å². The number of imide groups is 1. The highest BCUT2D eigenvalue weighted by Crippen LogP contribution is 2.17. The van der Waals surface area contributed by atoms with E-state index in [0.717, 1.165) is 25.7 Å². The van der Waals surface area contributed by atoms with Crippen LogP contribution in [0.2, 0.25) is 0 Å². The van der Waals surface area contributed by atoms with Gasteiger partial charge in [0.2, 0.25) is 5.95 Å². The van der Waals surface area contributed by atoms with Crippen LogP contribution in [0.4, 0.5) is 10.7 Å². The first-order valence-corrected chi connectivity index (χ1v) is 7.90. The summed E-state index contributed by atoms with van der Waals surface area (Å²) in [6.07, 6.45) is 7.23. The molecule has 1 aliphatic rings. The molecule has 1 saturated carbocycles. The third-order valence-electron chi connectivity index (χ3n) is 3.49. The van der Waals surface area contributed by atoms with E-state index in [9.17, 15) is 14.4 Å². The zero-order chi connectivity index (χ0) is 17.2. The van der Waals surface area contributed by atoms with Crippen LogP contribution in [0.5, 0.6) is 0 Å². The summed E-state index contributed by atoms with van der Waals surface area (Å²) < 4.78 is 4.80. The summed E-state index contributed by atoms with van der Waals surface area (Å²) in [7, 11) is 0. The number of esters is 1. The molecule has 0 radical (unpaired) electrons. The number of nitrogens with zero attached hydrogens (tertiary/aromatic N) is 2. The number of amides is 3. The van der Waals surface area contributed by atoms with Gasteiger partial charge in [0.15, 0.2) is 6.61 Å². The van der Waals surface area contributed by atoms with Crippen molar-refractivity contribution in [2.45, 2.75) is 38.1 Å². The van der Waals surface area contributed by atoms with Gasteiger partial charge in [-0.05, 0) is 18.9 Å². The van der Waals surface area contributed by atoms with Crippen molar-refractivity contribution in [2.75, 3.05) is 18.5 Å². The van der Waals surface area contributed by atoms with Gasteiger partial charge >= 0.3 is 12.0 Å². The van der Waals surface area contributed by atoms with Gasteiger partial charge in [-0.3, -0.25) is 14.9 Å². The monoisotopic (exact) mass is 335 g/mol. The normalized spacial score (nSPS) is 14.0. The number of ether oxygens (including phenoxy) is 1. The lowest BCUT2D eigenvalue weighted by atomic mass is 10.2. The van der Waals surface area contributed by atoms with Crippen LogP contribution in [-0.4, -0.2) is 47.1 Å². The molecule has 0 bridgehead atoms. The van der Waals surface area contributed by atoms with Gasteiger partial charge in [0, 0.05) is 25.0 Å². The Morgan fingerprint density at radius 3 is 2.58 bits per heavy atom. The average Bonchev–Trinajstić information content (AvgIpc) is 3.06. The second-order valence-electron chi connectivity index (χ2n) is 5.41. The fourth-order valence-electron chi connectivity index (χ4n) is 2.34. The number of nitrogens with one attached hydrogen (secondary N) is 3. The topological polar surface area (TPSA) is 122 Å². The van der Waals surface area contributed by atoms with Gasteiger partial charge in [-0.1, -0.05) is 12.8 Å². The summed E-state index contributed by atoms with van der Waals surface area (Å²) in [5, 5.41) is 7.70. The second-order valence-corrected chi connectivity index (χ2v) is 5.41. The maximum Gasteiger partial charge on any atom is 0.321 e. The summed E-state index contributed by atoms with van der Waals surface area (Å²) in [5.41, 5.74) is 0. The van der Waals surface area contributed by atoms with Crippen LogP contribution in [0.1, 0.15) is 32.1 Å². The second kappa shape index (κ2) is 9.43. The molecule has 0 spiro atoms. The van der Waals surface area contributed by atoms with Crippen molar-refractivity contribution in [2.24, 2.45) is 0 Å². The fourth-order valence-corrected chi connectivity index (χ4v) is 2.34. The predicted molar refractivity (Wildman–Crippen MR) is 85.0 cm³/mol. The molecule has 130 valence electrons. The summed E-state index contributed by atoms with van der Waals surface area (Å²) in [5.74, 6) is -0.797.